The summed E-state index contributed by atoms with van der Waals surface area (Å²) in [6.07, 6.45) is -3.01. The van der Waals surface area contributed by atoms with E-state index in [9.17, 15) is 18.0 Å². The number of nitrogens with zero attached hydrogens (tertiary/aromatic N) is 2. The van der Waals surface area contributed by atoms with Crippen molar-refractivity contribution in [2.75, 3.05) is 32.8 Å². The van der Waals surface area contributed by atoms with E-state index in [-0.39, 0.29) is 25.5 Å². The van der Waals surface area contributed by atoms with Gasteiger partial charge in [0.15, 0.2) is 0 Å². The van der Waals surface area contributed by atoms with Crippen molar-refractivity contribution in [1.82, 2.24) is 15.2 Å². The number of carbonyl (C=O) groups excluding carboxylic acids is 1. The van der Waals surface area contributed by atoms with E-state index in [0.29, 0.717) is 39.0 Å². The lowest BCUT2D eigenvalue weighted by Crippen LogP contribution is -2.58. The normalized spacial score (nSPS) is 22.7. The zero-order valence-corrected chi connectivity index (χ0v) is 15.5. The van der Waals surface area contributed by atoms with Crippen LogP contribution in [0.25, 0.3) is 0 Å². The van der Waals surface area contributed by atoms with Crippen LogP contribution in [0.2, 0.25) is 0 Å². The fourth-order valence-electron chi connectivity index (χ4n) is 4.28. The smallest absolute Gasteiger partial charge is 0.381 e. The third-order valence-corrected chi connectivity index (χ3v) is 5.71. The molecule has 1 aromatic heterocycles. The van der Waals surface area contributed by atoms with Crippen molar-refractivity contribution in [2.24, 2.45) is 11.3 Å². The van der Waals surface area contributed by atoms with Crippen LogP contribution >= 0.6 is 0 Å². The van der Waals surface area contributed by atoms with Gasteiger partial charge in [0.2, 0.25) is 0 Å². The topological polar surface area (TPSA) is 54.5 Å². The van der Waals surface area contributed by atoms with Crippen molar-refractivity contribution >= 4 is 6.03 Å². The molecule has 2 amide bonds. The van der Waals surface area contributed by atoms with Crippen molar-refractivity contribution in [2.45, 2.75) is 38.8 Å². The maximum absolute atomic E-state index is 13.6. The molecule has 5 nitrogen and oxygen atoms in total. The highest BCUT2D eigenvalue weighted by Gasteiger charge is 2.56. The van der Waals surface area contributed by atoms with E-state index < -0.39 is 17.5 Å². The summed E-state index contributed by atoms with van der Waals surface area (Å²) in [5, 5.41) is 2.83. The first-order valence-electron chi connectivity index (χ1n) is 9.40. The molecule has 2 saturated heterocycles. The molecule has 8 heteroatoms. The largest absolute Gasteiger partial charge is 0.392 e. The van der Waals surface area contributed by atoms with Gasteiger partial charge >= 0.3 is 12.2 Å². The molecular formula is C19H26F3N3O2. The number of hydrogen-bond acceptors (Lipinski definition) is 3. The standard InChI is InChI=1S/C19H26F3N3O2/c1-14-3-2-4-15(24-14)5-9-23-17(26)25-10-6-16(19(20,21)22)18(13-25)7-11-27-12-8-18/h2-4,16H,5-13H2,1H3,(H,23,26). The average Bonchev–Trinajstić information content (AvgIpc) is 2.61. The summed E-state index contributed by atoms with van der Waals surface area (Å²) in [6.45, 7) is 3.21. The van der Waals surface area contributed by atoms with Gasteiger partial charge in [0.1, 0.15) is 0 Å². The van der Waals surface area contributed by atoms with Gasteiger partial charge in [-0.05, 0) is 38.3 Å². The molecule has 1 aromatic rings. The van der Waals surface area contributed by atoms with E-state index in [4.69, 9.17) is 4.74 Å². The monoisotopic (exact) mass is 385 g/mol. The lowest BCUT2D eigenvalue weighted by Gasteiger charge is -2.50. The number of nitrogens with one attached hydrogen (secondary N) is 1. The molecule has 0 saturated carbocycles. The summed E-state index contributed by atoms with van der Waals surface area (Å²) in [4.78, 5) is 18.4. The maximum atomic E-state index is 13.6. The molecule has 0 bridgehead atoms. The SMILES string of the molecule is Cc1cccc(CCNC(=O)N2CCC(C(F)(F)F)C3(CCOCC3)C2)n1. The number of halogens is 3. The van der Waals surface area contributed by atoms with Crippen LogP contribution in [0, 0.1) is 18.3 Å². The summed E-state index contributed by atoms with van der Waals surface area (Å²) < 4.78 is 45.9. The number of pyridine rings is 1. The second-order valence-electron chi connectivity index (χ2n) is 7.53. The third kappa shape index (κ3) is 4.72. The van der Waals surface area contributed by atoms with Gasteiger partial charge in [-0.3, -0.25) is 4.98 Å². The van der Waals surface area contributed by atoms with Gasteiger partial charge in [0.25, 0.3) is 0 Å². The van der Waals surface area contributed by atoms with E-state index >= 15 is 0 Å². The minimum absolute atomic E-state index is 0.0453. The number of amides is 2. The fraction of sp³-hybridized carbons (Fsp3) is 0.684. The molecule has 1 unspecified atom stereocenters. The molecule has 0 aromatic carbocycles. The Bertz CT molecular complexity index is 660. The Balaban J connectivity index is 1.59. The van der Waals surface area contributed by atoms with Gasteiger partial charge < -0.3 is 15.0 Å². The molecule has 2 fully saturated rings. The summed E-state index contributed by atoms with van der Waals surface area (Å²) in [6, 6.07) is 5.41. The Labute approximate surface area is 157 Å². The van der Waals surface area contributed by atoms with Gasteiger partial charge in [0.05, 0.1) is 5.92 Å². The van der Waals surface area contributed by atoms with Crippen LogP contribution in [-0.4, -0.2) is 54.9 Å². The van der Waals surface area contributed by atoms with Crippen LogP contribution in [0.3, 0.4) is 0 Å². The second-order valence-corrected chi connectivity index (χ2v) is 7.53. The number of piperidine rings is 1. The van der Waals surface area contributed by atoms with Gasteiger partial charge in [0, 0.05) is 56.1 Å². The Morgan fingerprint density at radius 3 is 2.78 bits per heavy atom. The number of aromatic nitrogens is 1. The van der Waals surface area contributed by atoms with Crippen LogP contribution in [0.15, 0.2) is 18.2 Å². The highest BCUT2D eigenvalue weighted by Crippen LogP contribution is 2.50. The molecule has 2 aliphatic heterocycles. The minimum Gasteiger partial charge on any atom is -0.381 e. The van der Waals surface area contributed by atoms with Crippen LogP contribution in [-0.2, 0) is 11.2 Å². The second kappa shape index (κ2) is 8.04. The van der Waals surface area contributed by atoms with Crippen LogP contribution < -0.4 is 5.32 Å². The zero-order valence-electron chi connectivity index (χ0n) is 15.5. The number of carbonyl (C=O) groups is 1. The zero-order chi connectivity index (χ0) is 19.5. The number of ether oxygens (including phenoxy) is 1. The molecule has 3 rings (SSSR count). The molecule has 2 aliphatic rings. The van der Waals surface area contributed by atoms with Crippen LogP contribution in [0.4, 0.5) is 18.0 Å². The average molecular weight is 385 g/mol. The molecule has 1 N–H and O–H groups in total. The number of hydrogen-bond donors (Lipinski definition) is 1. The molecule has 150 valence electrons. The highest BCUT2D eigenvalue weighted by molar-refractivity contribution is 5.74. The van der Waals surface area contributed by atoms with Crippen molar-refractivity contribution in [3.05, 3.63) is 29.6 Å². The number of alkyl halides is 3. The van der Waals surface area contributed by atoms with Gasteiger partial charge in [-0.25, -0.2) is 4.79 Å². The fourth-order valence-corrected chi connectivity index (χ4v) is 4.28. The van der Waals surface area contributed by atoms with Gasteiger partial charge in [-0.15, -0.1) is 0 Å². The number of aryl methyl sites for hydroxylation is 1. The van der Waals surface area contributed by atoms with E-state index in [1.807, 2.05) is 25.1 Å². The Morgan fingerprint density at radius 2 is 2.11 bits per heavy atom. The Morgan fingerprint density at radius 1 is 1.37 bits per heavy atom. The predicted octanol–water partition coefficient (Wildman–Crippen LogP) is 3.32. The molecule has 1 atom stereocenters. The lowest BCUT2D eigenvalue weighted by atomic mass is 9.66. The highest BCUT2D eigenvalue weighted by atomic mass is 19.4. The Hall–Kier alpha value is -1.83. The Kier molecular flexibility index (Phi) is 5.93. The summed E-state index contributed by atoms with van der Waals surface area (Å²) in [5.74, 6) is -1.37. The first kappa shape index (κ1) is 19.9. The van der Waals surface area contributed by atoms with E-state index in [1.54, 1.807) is 0 Å². The number of rotatable bonds is 3. The van der Waals surface area contributed by atoms with Crippen molar-refractivity contribution in [1.29, 1.82) is 0 Å². The molecule has 0 aliphatic carbocycles. The van der Waals surface area contributed by atoms with E-state index in [0.717, 1.165) is 11.4 Å². The summed E-state index contributed by atoms with van der Waals surface area (Å²) in [7, 11) is 0. The van der Waals surface area contributed by atoms with Crippen LogP contribution in [0.1, 0.15) is 30.7 Å². The third-order valence-electron chi connectivity index (χ3n) is 5.71. The van der Waals surface area contributed by atoms with Gasteiger partial charge in [-0.1, -0.05) is 6.07 Å². The van der Waals surface area contributed by atoms with E-state index in [1.165, 1.54) is 4.90 Å². The number of urea groups is 1. The van der Waals surface area contributed by atoms with Gasteiger partial charge in [-0.2, -0.15) is 13.2 Å². The number of likely N-dealkylation sites (tertiary alicyclic amines) is 1. The molecule has 27 heavy (non-hydrogen) atoms. The van der Waals surface area contributed by atoms with Crippen molar-refractivity contribution < 1.29 is 22.7 Å². The summed E-state index contributed by atoms with van der Waals surface area (Å²) in [5.41, 5.74) is 0.867. The first-order chi connectivity index (χ1) is 12.8. The van der Waals surface area contributed by atoms with E-state index in [2.05, 4.69) is 10.3 Å². The maximum Gasteiger partial charge on any atom is 0.392 e. The first-order valence-corrected chi connectivity index (χ1v) is 9.40. The summed E-state index contributed by atoms with van der Waals surface area (Å²) >= 11 is 0. The molecule has 3 heterocycles. The van der Waals surface area contributed by atoms with Crippen molar-refractivity contribution in [3.8, 4) is 0 Å². The van der Waals surface area contributed by atoms with Crippen LogP contribution in [0.5, 0.6) is 0 Å². The quantitative estimate of drug-likeness (QED) is 0.869. The lowest BCUT2D eigenvalue weighted by molar-refractivity contribution is -0.232. The minimum atomic E-state index is -4.24. The molecule has 0 radical (unpaired) electrons. The predicted molar refractivity (Wildman–Crippen MR) is 94.3 cm³/mol. The molecule has 1 spiro atoms. The molecular weight excluding hydrogens is 359 g/mol. The van der Waals surface area contributed by atoms with Crippen molar-refractivity contribution in [3.63, 3.8) is 0 Å².